The molecule has 3 heteroatoms. The Morgan fingerprint density at radius 1 is 0.321 bits per heavy atom. The van der Waals surface area contributed by atoms with Gasteiger partial charge < -0.3 is 13.7 Å². The molecule has 0 fully saturated rings. The Bertz CT molecular complexity index is 3170. The SMILES string of the molecule is c1ccc(-c2ccccc2-c2ccc(N(c3ccc4c(ccc5cc6oc7ccccc7c6cc54)c3)c3cccc4oc5ccccc5c34)cc2)cc1. The number of anilines is 3. The summed E-state index contributed by atoms with van der Waals surface area (Å²) >= 11 is 0. The monoisotopic (exact) mass is 677 g/mol. The Morgan fingerprint density at radius 2 is 0.925 bits per heavy atom. The summed E-state index contributed by atoms with van der Waals surface area (Å²) in [5, 5.41) is 9.22. The van der Waals surface area contributed by atoms with Gasteiger partial charge in [-0.05, 0) is 104 Å². The van der Waals surface area contributed by atoms with Crippen molar-refractivity contribution in [3.63, 3.8) is 0 Å². The lowest BCUT2D eigenvalue weighted by Gasteiger charge is -2.27. The Morgan fingerprint density at radius 3 is 1.72 bits per heavy atom. The van der Waals surface area contributed by atoms with Crippen molar-refractivity contribution in [3.05, 3.63) is 188 Å². The van der Waals surface area contributed by atoms with Crippen LogP contribution in [0.4, 0.5) is 17.1 Å². The summed E-state index contributed by atoms with van der Waals surface area (Å²) in [7, 11) is 0. The van der Waals surface area contributed by atoms with E-state index in [0.29, 0.717) is 0 Å². The Hall–Kier alpha value is -7.10. The van der Waals surface area contributed by atoms with Crippen LogP contribution in [-0.4, -0.2) is 0 Å². The number of nitrogens with zero attached hydrogens (tertiary/aromatic N) is 1. The van der Waals surface area contributed by atoms with Crippen LogP contribution in [0, 0.1) is 0 Å². The van der Waals surface area contributed by atoms with Gasteiger partial charge in [-0.2, -0.15) is 0 Å². The van der Waals surface area contributed by atoms with Gasteiger partial charge in [-0.25, -0.2) is 0 Å². The molecule has 53 heavy (non-hydrogen) atoms. The van der Waals surface area contributed by atoms with Crippen molar-refractivity contribution >= 4 is 82.5 Å². The summed E-state index contributed by atoms with van der Waals surface area (Å²) < 4.78 is 12.6. The lowest BCUT2D eigenvalue weighted by molar-refractivity contribution is 0.669. The predicted octanol–water partition coefficient (Wildman–Crippen LogP) is 14.6. The van der Waals surface area contributed by atoms with Gasteiger partial charge in [0.2, 0.25) is 0 Å². The van der Waals surface area contributed by atoms with Gasteiger partial charge in [0, 0.05) is 27.5 Å². The van der Waals surface area contributed by atoms with Crippen molar-refractivity contribution in [1.82, 2.24) is 0 Å². The molecule has 0 aliphatic carbocycles. The molecule has 9 aromatic carbocycles. The normalized spacial score (nSPS) is 11.8. The van der Waals surface area contributed by atoms with Gasteiger partial charge in [0.1, 0.15) is 22.3 Å². The molecule has 3 nitrogen and oxygen atoms in total. The Kier molecular flexibility index (Phi) is 6.55. The van der Waals surface area contributed by atoms with E-state index < -0.39 is 0 Å². The maximum absolute atomic E-state index is 6.39. The molecule has 0 aliphatic rings. The summed E-state index contributed by atoms with van der Waals surface area (Å²) in [6.07, 6.45) is 0. The first-order valence-electron chi connectivity index (χ1n) is 18.0. The molecule has 0 saturated carbocycles. The minimum absolute atomic E-state index is 0.866. The second-order valence-electron chi connectivity index (χ2n) is 13.7. The third-order valence-corrected chi connectivity index (χ3v) is 10.6. The van der Waals surface area contributed by atoms with E-state index in [0.717, 1.165) is 66.3 Å². The molecule has 0 unspecified atom stereocenters. The zero-order chi connectivity index (χ0) is 34.9. The second kappa shape index (κ2) is 11.7. The van der Waals surface area contributed by atoms with E-state index in [4.69, 9.17) is 8.83 Å². The quantitative estimate of drug-likeness (QED) is 0.170. The lowest BCUT2D eigenvalue weighted by atomic mass is 9.94. The lowest BCUT2D eigenvalue weighted by Crippen LogP contribution is -2.10. The molecule has 0 aliphatic heterocycles. The van der Waals surface area contributed by atoms with Crippen molar-refractivity contribution in [1.29, 1.82) is 0 Å². The maximum atomic E-state index is 6.39. The minimum atomic E-state index is 0.866. The molecular formula is C50H31NO2. The summed E-state index contributed by atoms with van der Waals surface area (Å²) in [5.41, 5.74) is 11.6. The molecule has 11 rings (SSSR count). The minimum Gasteiger partial charge on any atom is -0.456 e. The fourth-order valence-electron chi connectivity index (χ4n) is 8.17. The van der Waals surface area contributed by atoms with Crippen LogP contribution in [0.3, 0.4) is 0 Å². The number of benzene rings is 9. The van der Waals surface area contributed by atoms with E-state index >= 15 is 0 Å². The summed E-state index contributed by atoms with van der Waals surface area (Å²) in [6, 6.07) is 66.9. The van der Waals surface area contributed by atoms with Crippen LogP contribution in [-0.2, 0) is 0 Å². The largest absolute Gasteiger partial charge is 0.456 e. The van der Waals surface area contributed by atoms with E-state index in [-0.39, 0.29) is 0 Å². The number of rotatable bonds is 5. The van der Waals surface area contributed by atoms with Gasteiger partial charge >= 0.3 is 0 Å². The zero-order valence-corrected chi connectivity index (χ0v) is 28.7. The molecular weight excluding hydrogens is 647 g/mol. The molecule has 0 atom stereocenters. The average Bonchev–Trinajstić information content (AvgIpc) is 3.79. The first-order chi connectivity index (χ1) is 26.3. The number of hydrogen-bond donors (Lipinski definition) is 0. The van der Waals surface area contributed by atoms with Crippen molar-refractivity contribution in [2.24, 2.45) is 0 Å². The number of para-hydroxylation sites is 2. The van der Waals surface area contributed by atoms with Gasteiger partial charge in [-0.3, -0.25) is 0 Å². The molecule has 0 saturated heterocycles. The van der Waals surface area contributed by atoms with Crippen molar-refractivity contribution in [2.45, 2.75) is 0 Å². The molecule has 2 aromatic heterocycles. The first kappa shape index (κ1) is 29.6. The van der Waals surface area contributed by atoms with Gasteiger partial charge in [0.05, 0.1) is 11.1 Å². The highest BCUT2D eigenvalue weighted by atomic mass is 16.3. The number of hydrogen-bond acceptors (Lipinski definition) is 3. The van der Waals surface area contributed by atoms with Gasteiger partial charge in [-0.15, -0.1) is 0 Å². The number of furan rings is 2. The third kappa shape index (κ3) is 4.75. The highest BCUT2D eigenvalue weighted by Crippen LogP contribution is 2.45. The smallest absolute Gasteiger partial charge is 0.137 e. The molecule has 248 valence electrons. The Balaban J connectivity index is 1.10. The average molecular weight is 678 g/mol. The van der Waals surface area contributed by atoms with Gasteiger partial charge in [-0.1, -0.05) is 127 Å². The first-order valence-corrected chi connectivity index (χ1v) is 18.0. The van der Waals surface area contributed by atoms with Crippen molar-refractivity contribution in [2.75, 3.05) is 4.90 Å². The standard InChI is InChI=1S/C50H31NO2/c1-2-11-32(12-3-1)38-13-4-5-14-39(38)33-23-25-36(26-24-33)51(45-17-10-20-48-50(45)42-16-7-9-19-47(42)52-48)37-27-28-40-34(29-37)21-22-35-30-49-44(31-43(35)40)41-15-6-8-18-46(41)53-49/h1-31H. The molecule has 0 bridgehead atoms. The van der Waals surface area contributed by atoms with E-state index in [9.17, 15) is 0 Å². The fraction of sp³-hybridized carbons (Fsp3) is 0. The van der Waals surface area contributed by atoms with E-state index in [1.165, 1.54) is 38.4 Å². The summed E-state index contributed by atoms with van der Waals surface area (Å²) in [5.74, 6) is 0. The van der Waals surface area contributed by atoms with Crippen LogP contribution in [0.2, 0.25) is 0 Å². The number of fused-ring (bicyclic) bond motifs is 9. The van der Waals surface area contributed by atoms with Crippen LogP contribution in [0.15, 0.2) is 197 Å². The van der Waals surface area contributed by atoms with Gasteiger partial charge in [0.15, 0.2) is 0 Å². The Labute approximate surface area is 305 Å². The van der Waals surface area contributed by atoms with Crippen LogP contribution in [0.1, 0.15) is 0 Å². The topological polar surface area (TPSA) is 29.5 Å². The highest BCUT2D eigenvalue weighted by molar-refractivity contribution is 6.17. The summed E-state index contributed by atoms with van der Waals surface area (Å²) in [4.78, 5) is 2.37. The second-order valence-corrected chi connectivity index (χ2v) is 13.7. The highest BCUT2D eigenvalue weighted by Gasteiger charge is 2.20. The molecule has 0 radical (unpaired) electrons. The molecule has 11 aromatic rings. The van der Waals surface area contributed by atoms with Crippen LogP contribution in [0.25, 0.3) is 87.7 Å². The molecule has 0 N–H and O–H groups in total. The van der Waals surface area contributed by atoms with Crippen LogP contribution in [0.5, 0.6) is 0 Å². The molecule has 2 heterocycles. The molecule has 0 spiro atoms. The van der Waals surface area contributed by atoms with E-state index in [2.05, 4.69) is 169 Å². The van der Waals surface area contributed by atoms with Crippen LogP contribution < -0.4 is 4.90 Å². The third-order valence-electron chi connectivity index (χ3n) is 10.6. The zero-order valence-electron chi connectivity index (χ0n) is 28.7. The fourth-order valence-corrected chi connectivity index (χ4v) is 8.17. The van der Waals surface area contributed by atoms with Gasteiger partial charge in [0.25, 0.3) is 0 Å². The maximum Gasteiger partial charge on any atom is 0.137 e. The van der Waals surface area contributed by atoms with E-state index in [1.54, 1.807) is 0 Å². The predicted molar refractivity (Wildman–Crippen MR) is 222 cm³/mol. The van der Waals surface area contributed by atoms with Crippen molar-refractivity contribution in [3.8, 4) is 22.3 Å². The molecule has 0 amide bonds. The summed E-state index contributed by atoms with van der Waals surface area (Å²) in [6.45, 7) is 0. The van der Waals surface area contributed by atoms with E-state index in [1.807, 2.05) is 24.3 Å². The van der Waals surface area contributed by atoms with Crippen LogP contribution >= 0.6 is 0 Å². The van der Waals surface area contributed by atoms with Crippen molar-refractivity contribution < 1.29 is 8.83 Å².